The molecule has 0 aliphatic heterocycles. The van der Waals surface area contributed by atoms with Crippen molar-refractivity contribution >= 4 is 0 Å². The Morgan fingerprint density at radius 1 is 1.20 bits per heavy atom. The molecule has 2 aliphatic carbocycles. The first-order valence-corrected chi connectivity index (χ1v) is 6.06. The summed E-state index contributed by atoms with van der Waals surface area (Å²) in [7, 11) is 0. The number of hydrogen-bond acceptors (Lipinski definition) is 2. The molecule has 1 heterocycles. The van der Waals surface area contributed by atoms with Gasteiger partial charge in [-0.2, -0.15) is 0 Å². The Morgan fingerprint density at radius 3 is 2.80 bits per heavy atom. The van der Waals surface area contributed by atoms with Crippen LogP contribution in [0.4, 0.5) is 0 Å². The summed E-state index contributed by atoms with van der Waals surface area (Å²) in [5, 5.41) is 0. The van der Waals surface area contributed by atoms with Gasteiger partial charge in [-0.25, -0.2) is 0 Å². The summed E-state index contributed by atoms with van der Waals surface area (Å²) in [5.41, 5.74) is 10.1. The number of aromatic nitrogens is 1. The fourth-order valence-electron chi connectivity index (χ4n) is 3.00. The number of nitrogens with two attached hydrogens (primary N) is 1. The summed E-state index contributed by atoms with van der Waals surface area (Å²) >= 11 is 0. The highest BCUT2D eigenvalue weighted by Crippen LogP contribution is 2.35. The fourth-order valence-corrected chi connectivity index (χ4v) is 3.00. The van der Waals surface area contributed by atoms with E-state index >= 15 is 0 Å². The van der Waals surface area contributed by atoms with Crippen molar-refractivity contribution in [3.63, 3.8) is 0 Å². The Hall–Kier alpha value is -0.890. The van der Waals surface area contributed by atoms with E-state index < -0.39 is 0 Å². The molecule has 3 rings (SSSR count). The Bertz CT molecular complexity index is 367. The molecule has 2 N–H and O–H groups in total. The average Bonchev–Trinajstić information content (AvgIpc) is 2.82. The van der Waals surface area contributed by atoms with Crippen molar-refractivity contribution in [1.82, 2.24) is 4.98 Å². The van der Waals surface area contributed by atoms with E-state index in [1.165, 1.54) is 42.5 Å². The number of rotatable bonds is 1. The largest absolute Gasteiger partial charge is 0.327 e. The third-order valence-corrected chi connectivity index (χ3v) is 3.85. The molecule has 0 saturated heterocycles. The molecule has 2 nitrogen and oxygen atoms in total. The Morgan fingerprint density at radius 2 is 2.00 bits per heavy atom. The van der Waals surface area contributed by atoms with E-state index in [1.807, 2.05) is 0 Å². The molecule has 80 valence electrons. The zero-order valence-electron chi connectivity index (χ0n) is 9.08. The van der Waals surface area contributed by atoms with Crippen LogP contribution in [0.3, 0.4) is 0 Å². The van der Waals surface area contributed by atoms with E-state index in [4.69, 9.17) is 5.73 Å². The lowest BCUT2D eigenvalue weighted by Gasteiger charge is -2.10. The molecule has 2 heteroatoms. The third-order valence-electron chi connectivity index (χ3n) is 3.85. The molecule has 0 bridgehead atoms. The molecule has 1 aromatic rings. The van der Waals surface area contributed by atoms with Crippen LogP contribution in [0.2, 0.25) is 0 Å². The van der Waals surface area contributed by atoms with Gasteiger partial charge >= 0.3 is 0 Å². The van der Waals surface area contributed by atoms with Gasteiger partial charge in [0.1, 0.15) is 0 Å². The van der Waals surface area contributed by atoms with Crippen molar-refractivity contribution in [3.8, 4) is 0 Å². The average molecular weight is 202 g/mol. The smallest absolute Gasteiger partial charge is 0.0451 e. The normalized spacial score (nSPS) is 25.8. The molecular formula is C13H18N2. The molecular weight excluding hydrogens is 184 g/mol. The predicted octanol–water partition coefficient (Wildman–Crippen LogP) is 2.17. The lowest BCUT2D eigenvalue weighted by Crippen LogP contribution is -2.19. The summed E-state index contributed by atoms with van der Waals surface area (Å²) in [6.45, 7) is 0. The molecule has 1 unspecified atom stereocenters. The number of nitrogens with zero attached hydrogens (tertiary/aromatic N) is 1. The monoisotopic (exact) mass is 202 g/mol. The number of hydrogen-bond donors (Lipinski definition) is 1. The van der Waals surface area contributed by atoms with Gasteiger partial charge in [-0.3, -0.25) is 4.98 Å². The van der Waals surface area contributed by atoms with Gasteiger partial charge in [-0.05, 0) is 36.3 Å². The van der Waals surface area contributed by atoms with Gasteiger partial charge in [-0.1, -0.05) is 18.9 Å². The molecule has 0 amide bonds. The predicted molar refractivity (Wildman–Crippen MR) is 60.8 cm³/mol. The van der Waals surface area contributed by atoms with Crippen LogP contribution in [0.15, 0.2) is 12.3 Å². The second-order valence-electron chi connectivity index (χ2n) is 5.02. The van der Waals surface area contributed by atoms with Crippen molar-refractivity contribution in [1.29, 1.82) is 0 Å². The Kier molecular flexibility index (Phi) is 2.24. The molecule has 1 atom stereocenters. The molecule has 0 spiro atoms. The van der Waals surface area contributed by atoms with Crippen molar-refractivity contribution in [3.05, 3.63) is 29.1 Å². The summed E-state index contributed by atoms with van der Waals surface area (Å²) in [6.07, 6.45) is 9.58. The quantitative estimate of drug-likeness (QED) is 0.758. The standard InChI is InChI=1S/C13H18N2/c14-12-6-10-5-11(8-15-13(10)7-12)9-3-1-2-4-9/h5,8-9,12H,1-4,6-7,14H2. The van der Waals surface area contributed by atoms with Crippen molar-refractivity contribution < 1.29 is 0 Å². The Balaban J connectivity index is 1.89. The zero-order chi connectivity index (χ0) is 10.3. The maximum atomic E-state index is 5.95. The zero-order valence-corrected chi connectivity index (χ0v) is 9.08. The molecule has 0 aromatic carbocycles. The van der Waals surface area contributed by atoms with Gasteiger partial charge < -0.3 is 5.73 Å². The molecule has 0 radical (unpaired) electrons. The van der Waals surface area contributed by atoms with E-state index in [0.29, 0.717) is 6.04 Å². The lowest BCUT2D eigenvalue weighted by atomic mass is 9.97. The second-order valence-corrected chi connectivity index (χ2v) is 5.02. The number of fused-ring (bicyclic) bond motifs is 1. The van der Waals surface area contributed by atoms with E-state index in [0.717, 1.165) is 18.8 Å². The molecule has 1 aromatic heterocycles. The van der Waals surface area contributed by atoms with E-state index in [-0.39, 0.29) is 0 Å². The minimum atomic E-state index is 0.311. The molecule has 15 heavy (non-hydrogen) atoms. The first-order chi connectivity index (χ1) is 7.33. The van der Waals surface area contributed by atoms with Crippen molar-refractivity contribution in [2.75, 3.05) is 0 Å². The summed E-state index contributed by atoms with van der Waals surface area (Å²) < 4.78 is 0. The van der Waals surface area contributed by atoms with Gasteiger partial charge in [0.25, 0.3) is 0 Å². The van der Waals surface area contributed by atoms with E-state index in [2.05, 4.69) is 17.2 Å². The van der Waals surface area contributed by atoms with Crippen LogP contribution < -0.4 is 5.73 Å². The lowest BCUT2D eigenvalue weighted by molar-refractivity contribution is 0.715. The van der Waals surface area contributed by atoms with Gasteiger partial charge in [0.2, 0.25) is 0 Å². The second kappa shape index (κ2) is 3.60. The van der Waals surface area contributed by atoms with Crippen molar-refractivity contribution in [2.24, 2.45) is 5.73 Å². The first-order valence-electron chi connectivity index (χ1n) is 6.06. The minimum Gasteiger partial charge on any atom is -0.327 e. The number of pyridine rings is 1. The topological polar surface area (TPSA) is 38.9 Å². The van der Waals surface area contributed by atoms with Crippen LogP contribution in [0, 0.1) is 0 Å². The van der Waals surface area contributed by atoms with Gasteiger partial charge in [0.15, 0.2) is 0 Å². The van der Waals surface area contributed by atoms with E-state index in [9.17, 15) is 0 Å². The van der Waals surface area contributed by atoms with Crippen LogP contribution in [0.1, 0.15) is 48.4 Å². The van der Waals surface area contributed by atoms with Crippen LogP contribution in [-0.2, 0) is 12.8 Å². The summed E-state index contributed by atoms with van der Waals surface area (Å²) in [6, 6.07) is 2.68. The maximum absolute atomic E-state index is 5.95. The molecule has 2 aliphatic rings. The minimum absolute atomic E-state index is 0.311. The maximum Gasteiger partial charge on any atom is 0.0451 e. The van der Waals surface area contributed by atoms with Gasteiger partial charge in [-0.15, -0.1) is 0 Å². The fraction of sp³-hybridized carbons (Fsp3) is 0.615. The summed E-state index contributed by atoms with van der Waals surface area (Å²) in [4.78, 5) is 4.57. The van der Waals surface area contributed by atoms with Crippen molar-refractivity contribution in [2.45, 2.75) is 50.5 Å². The van der Waals surface area contributed by atoms with Crippen LogP contribution >= 0.6 is 0 Å². The molecule has 1 saturated carbocycles. The van der Waals surface area contributed by atoms with Crippen LogP contribution in [0.5, 0.6) is 0 Å². The highest BCUT2D eigenvalue weighted by atomic mass is 14.7. The SMILES string of the molecule is NC1Cc2cc(C3CCCC3)cnc2C1. The highest BCUT2D eigenvalue weighted by Gasteiger charge is 2.23. The van der Waals surface area contributed by atoms with E-state index in [1.54, 1.807) is 0 Å². The van der Waals surface area contributed by atoms with Gasteiger partial charge in [0, 0.05) is 24.4 Å². The van der Waals surface area contributed by atoms with Crippen LogP contribution in [-0.4, -0.2) is 11.0 Å². The Labute approximate surface area is 90.9 Å². The van der Waals surface area contributed by atoms with Gasteiger partial charge in [0.05, 0.1) is 0 Å². The molecule has 1 fully saturated rings. The third kappa shape index (κ3) is 1.67. The first kappa shape index (κ1) is 9.34. The highest BCUT2D eigenvalue weighted by molar-refractivity contribution is 5.32. The van der Waals surface area contributed by atoms with Crippen LogP contribution in [0.25, 0.3) is 0 Å². The summed E-state index contributed by atoms with van der Waals surface area (Å²) in [5.74, 6) is 0.777.